The molecule has 3 aliphatic rings. The molecule has 2 heterocycles. The standard InChI is InChI=1S/C19H21N3O4/c23-16(21-6-2-1-3-7-21)11-22-14-8-13(4-5-15(14)26-18(22)25)20-17(24)19-9-12(19)10-19/h4-5,8,12H,1-3,6-7,9-11H2,(H,20,24). The van der Waals surface area contributed by atoms with Crippen LogP contribution in [0.3, 0.4) is 0 Å². The maximum Gasteiger partial charge on any atom is 0.420 e. The van der Waals surface area contributed by atoms with Crippen molar-refractivity contribution in [2.45, 2.75) is 38.6 Å². The highest BCUT2D eigenvalue weighted by Crippen LogP contribution is 2.75. The Hall–Kier alpha value is -2.57. The zero-order valence-electron chi connectivity index (χ0n) is 14.5. The number of fused-ring (bicyclic) bond motifs is 2. The summed E-state index contributed by atoms with van der Waals surface area (Å²) in [5.74, 6) is 0.0163. The first-order valence-electron chi connectivity index (χ1n) is 9.29. The van der Waals surface area contributed by atoms with Crippen LogP contribution in [0, 0.1) is 11.3 Å². The van der Waals surface area contributed by atoms with E-state index in [9.17, 15) is 14.4 Å². The lowest BCUT2D eigenvalue weighted by molar-refractivity contribution is -0.132. The van der Waals surface area contributed by atoms with Crippen molar-refractivity contribution in [3.63, 3.8) is 0 Å². The summed E-state index contributed by atoms with van der Waals surface area (Å²) < 4.78 is 6.62. The minimum Gasteiger partial charge on any atom is -0.408 e. The normalized spacial score (nSPS) is 26.5. The predicted octanol–water partition coefficient (Wildman–Crippen LogP) is 1.96. The van der Waals surface area contributed by atoms with E-state index in [1.165, 1.54) is 4.57 Å². The Morgan fingerprint density at radius 2 is 1.92 bits per heavy atom. The van der Waals surface area contributed by atoms with Crippen molar-refractivity contribution >= 4 is 28.6 Å². The van der Waals surface area contributed by atoms with Crippen LogP contribution < -0.4 is 11.1 Å². The Morgan fingerprint density at radius 3 is 2.62 bits per heavy atom. The molecular weight excluding hydrogens is 334 g/mol. The van der Waals surface area contributed by atoms with Gasteiger partial charge in [0.2, 0.25) is 11.8 Å². The number of nitrogens with zero attached hydrogens (tertiary/aromatic N) is 2. The van der Waals surface area contributed by atoms with E-state index in [0.717, 1.165) is 45.2 Å². The molecule has 2 aliphatic carbocycles. The maximum absolute atomic E-state index is 12.5. The number of hydrogen-bond donors (Lipinski definition) is 1. The minimum absolute atomic E-state index is 0.0325. The highest BCUT2D eigenvalue weighted by atomic mass is 16.4. The fraction of sp³-hybridized carbons (Fsp3) is 0.526. The summed E-state index contributed by atoms with van der Waals surface area (Å²) in [6, 6.07) is 5.12. The van der Waals surface area contributed by atoms with E-state index in [1.807, 2.05) is 0 Å². The van der Waals surface area contributed by atoms with E-state index < -0.39 is 5.76 Å². The van der Waals surface area contributed by atoms with Crippen LogP contribution in [-0.2, 0) is 16.1 Å². The van der Waals surface area contributed by atoms with Crippen LogP contribution in [0.4, 0.5) is 5.69 Å². The molecule has 0 radical (unpaired) electrons. The van der Waals surface area contributed by atoms with Gasteiger partial charge in [-0.15, -0.1) is 0 Å². The smallest absolute Gasteiger partial charge is 0.408 e. The quantitative estimate of drug-likeness (QED) is 0.908. The molecule has 2 aromatic rings. The second-order valence-corrected chi connectivity index (χ2v) is 7.79. The van der Waals surface area contributed by atoms with E-state index in [4.69, 9.17) is 4.42 Å². The zero-order valence-corrected chi connectivity index (χ0v) is 14.5. The number of carbonyl (C=O) groups is 2. The van der Waals surface area contributed by atoms with Crippen LogP contribution in [0.2, 0.25) is 0 Å². The van der Waals surface area contributed by atoms with Gasteiger partial charge in [-0.25, -0.2) is 4.79 Å². The van der Waals surface area contributed by atoms with E-state index in [2.05, 4.69) is 5.32 Å². The number of piperidine rings is 1. The van der Waals surface area contributed by atoms with Crippen LogP contribution in [-0.4, -0.2) is 34.4 Å². The van der Waals surface area contributed by atoms with Crippen LogP contribution >= 0.6 is 0 Å². The molecule has 1 aromatic carbocycles. The van der Waals surface area contributed by atoms with E-state index in [-0.39, 0.29) is 23.8 Å². The number of aromatic nitrogens is 1. The molecule has 1 aliphatic heterocycles. The monoisotopic (exact) mass is 355 g/mol. The first kappa shape index (κ1) is 15.7. The highest BCUT2D eigenvalue weighted by molar-refractivity contribution is 6.01. The molecule has 5 rings (SSSR count). The number of anilines is 1. The van der Waals surface area contributed by atoms with E-state index >= 15 is 0 Å². The van der Waals surface area contributed by atoms with Gasteiger partial charge in [-0.2, -0.15) is 0 Å². The van der Waals surface area contributed by atoms with E-state index in [0.29, 0.717) is 22.7 Å². The van der Waals surface area contributed by atoms with Gasteiger partial charge < -0.3 is 14.6 Å². The van der Waals surface area contributed by atoms with Gasteiger partial charge in [0.1, 0.15) is 6.54 Å². The van der Waals surface area contributed by atoms with Gasteiger partial charge >= 0.3 is 5.76 Å². The molecule has 0 atom stereocenters. The molecule has 7 heteroatoms. The van der Waals surface area contributed by atoms with Gasteiger partial charge in [-0.3, -0.25) is 14.2 Å². The summed E-state index contributed by atoms with van der Waals surface area (Å²) in [5.41, 5.74) is 1.48. The van der Waals surface area contributed by atoms with Crippen LogP contribution in [0.5, 0.6) is 0 Å². The van der Waals surface area contributed by atoms with Crippen molar-refractivity contribution in [2.24, 2.45) is 11.3 Å². The van der Waals surface area contributed by atoms with Crippen molar-refractivity contribution < 1.29 is 14.0 Å². The number of likely N-dealkylation sites (tertiary alicyclic amines) is 1. The van der Waals surface area contributed by atoms with Crippen molar-refractivity contribution in [3.8, 4) is 0 Å². The summed E-state index contributed by atoms with van der Waals surface area (Å²) in [4.78, 5) is 38.8. The number of rotatable bonds is 4. The zero-order chi connectivity index (χ0) is 17.9. The molecule has 1 aromatic heterocycles. The number of hydrogen-bond acceptors (Lipinski definition) is 4. The molecule has 1 N–H and O–H groups in total. The van der Waals surface area contributed by atoms with Crippen LogP contribution in [0.15, 0.2) is 27.4 Å². The lowest BCUT2D eigenvalue weighted by atomic mass is 10.1. The lowest BCUT2D eigenvalue weighted by Gasteiger charge is -2.26. The molecule has 26 heavy (non-hydrogen) atoms. The molecular formula is C19H21N3O4. The fourth-order valence-corrected chi connectivity index (χ4v) is 4.00. The molecule has 2 amide bonds. The summed E-state index contributed by atoms with van der Waals surface area (Å²) in [7, 11) is 0. The third-order valence-electron chi connectivity index (χ3n) is 6.06. The first-order chi connectivity index (χ1) is 12.6. The lowest BCUT2D eigenvalue weighted by Crippen LogP contribution is -2.39. The van der Waals surface area contributed by atoms with Gasteiger partial charge in [0.25, 0.3) is 0 Å². The van der Waals surface area contributed by atoms with Crippen LogP contribution in [0.25, 0.3) is 11.1 Å². The highest BCUT2D eigenvalue weighted by Gasteiger charge is 2.74. The Balaban J connectivity index is 1.40. The van der Waals surface area contributed by atoms with Crippen molar-refractivity contribution in [1.29, 1.82) is 0 Å². The van der Waals surface area contributed by atoms with Gasteiger partial charge in [0, 0.05) is 18.8 Å². The molecule has 2 saturated carbocycles. The largest absolute Gasteiger partial charge is 0.420 e. The van der Waals surface area contributed by atoms with Gasteiger partial charge in [-0.1, -0.05) is 0 Å². The predicted molar refractivity (Wildman–Crippen MR) is 94.7 cm³/mol. The summed E-state index contributed by atoms with van der Waals surface area (Å²) in [5, 5.41) is 2.94. The topological polar surface area (TPSA) is 84.5 Å². The molecule has 0 spiro atoms. The third kappa shape index (κ3) is 2.45. The fourth-order valence-electron chi connectivity index (χ4n) is 4.00. The molecule has 136 valence electrons. The number of carbonyl (C=O) groups excluding carboxylic acids is 2. The molecule has 0 unspecified atom stereocenters. The number of oxazole rings is 1. The summed E-state index contributed by atoms with van der Waals surface area (Å²) >= 11 is 0. The van der Waals surface area contributed by atoms with Crippen LogP contribution in [0.1, 0.15) is 32.1 Å². The maximum atomic E-state index is 12.5. The second-order valence-electron chi connectivity index (χ2n) is 7.79. The van der Waals surface area contributed by atoms with Crippen molar-refractivity contribution in [2.75, 3.05) is 18.4 Å². The van der Waals surface area contributed by atoms with Gasteiger partial charge in [-0.05, 0) is 56.2 Å². The SMILES string of the molecule is O=C(Cn1c(=O)oc2ccc(NC(=O)C34CC3C4)cc21)N1CCCCC1. The molecule has 7 nitrogen and oxygen atoms in total. The number of amides is 2. The Morgan fingerprint density at radius 1 is 1.19 bits per heavy atom. The number of nitrogens with one attached hydrogen (secondary N) is 1. The molecule has 3 fully saturated rings. The summed E-state index contributed by atoms with van der Waals surface area (Å²) in [6.45, 7) is 1.46. The molecule has 1 saturated heterocycles. The Labute approximate surface area is 149 Å². The molecule has 0 bridgehead atoms. The third-order valence-corrected chi connectivity index (χ3v) is 6.06. The minimum atomic E-state index is -0.545. The van der Waals surface area contributed by atoms with Gasteiger partial charge in [0.15, 0.2) is 5.58 Å². The second kappa shape index (κ2) is 5.46. The average molecular weight is 355 g/mol. The number of benzene rings is 1. The first-order valence-corrected chi connectivity index (χ1v) is 9.29. The Bertz CT molecular complexity index is 961. The van der Waals surface area contributed by atoms with Crippen molar-refractivity contribution in [3.05, 3.63) is 28.7 Å². The van der Waals surface area contributed by atoms with Crippen molar-refractivity contribution in [1.82, 2.24) is 9.47 Å². The Kier molecular flexibility index (Phi) is 3.29. The summed E-state index contributed by atoms with van der Waals surface area (Å²) in [6.07, 6.45) is 5.13. The van der Waals surface area contributed by atoms with E-state index in [1.54, 1.807) is 23.1 Å². The van der Waals surface area contributed by atoms with Gasteiger partial charge in [0.05, 0.1) is 10.9 Å². The average Bonchev–Trinajstić information content (AvgIpc) is 3.49.